The summed E-state index contributed by atoms with van der Waals surface area (Å²) in [7, 11) is 0. The van der Waals surface area contributed by atoms with Crippen LogP contribution in [-0.4, -0.2) is 17.9 Å². The molecule has 0 unspecified atom stereocenters. The maximum Gasteiger partial charge on any atom is 0.159 e. The van der Waals surface area contributed by atoms with Crippen LogP contribution in [0.3, 0.4) is 0 Å². The normalized spacial score (nSPS) is 19.1. The van der Waals surface area contributed by atoms with E-state index in [9.17, 15) is 4.79 Å². The molecular weight excluding hydrogens is 210 g/mol. The Balaban J connectivity index is 2.45. The molecule has 0 radical (unpaired) electrons. The summed E-state index contributed by atoms with van der Waals surface area (Å²) in [5.41, 5.74) is 2.19. The van der Waals surface area contributed by atoms with Gasteiger partial charge in [-0.2, -0.15) is 0 Å². The molecule has 2 nitrogen and oxygen atoms in total. The summed E-state index contributed by atoms with van der Waals surface area (Å²) in [6.07, 6.45) is 0.666. The third-order valence-corrected chi connectivity index (χ3v) is 3.77. The number of para-hydroxylation sites is 1. The van der Waals surface area contributed by atoms with Crippen molar-refractivity contribution in [1.82, 2.24) is 0 Å². The molecule has 1 fully saturated rings. The van der Waals surface area contributed by atoms with Crippen molar-refractivity contribution < 1.29 is 4.79 Å². The second-order valence-electron chi connectivity index (χ2n) is 5.60. The van der Waals surface area contributed by atoms with Crippen LogP contribution < -0.4 is 4.90 Å². The lowest BCUT2D eigenvalue weighted by Crippen LogP contribution is -2.43. The van der Waals surface area contributed by atoms with E-state index in [0.29, 0.717) is 18.1 Å². The van der Waals surface area contributed by atoms with Gasteiger partial charge < -0.3 is 4.90 Å². The smallest absolute Gasteiger partial charge is 0.159 e. The Morgan fingerprint density at radius 1 is 1.24 bits per heavy atom. The SMILES string of the molecule is CC(C)c1ccccc1N1CCC(=O)C1(C)C. The maximum atomic E-state index is 11.9. The Bertz CT molecular complexity index is 434. The molecule has 0 amide bonds. The van der Waals surface area contributed by atoms with Crippen molar-refractivity contribution in [3.05, 3.63) is 29.8 Å². The van der Waals surface area contributed by atoms with Crippen molar-refractivity contribution >= 4 is 11.5 Å². The van der Waals surface area contributed by atoms with Gasteiger partial charge in [-0.05, 0) is 31.4 Å². The Morgan fingerprint density at radius 2 is 1.88 bits per heavy atom. The van der Waals surface area contributed by atoms with Crippen LogP contribution in [0.5, 0.6) is 0 Å². The first kappa shape index (κ1) is 12.2. The number of carbonyl (C=O) groups is 1. The van der Waals surface area contributed by atoms with Gasteiger partial charge in [0.25, 0.3) is 0 Å². The summed E-state index contributed by atoms with van der Waals surface area (Å²) in [6.45, 7) is 9.29. The molecule has 0 spiro atoms. The van der Waals surface area contributed by atoms with Crippen LogP contribution in [-0.2, 0) is 4.79 Å². The van der Waals surface area contributed by atoms with Crippen LogP contribution in [0.2, 0.25) is 0 Å². The van der Waals surface area contributed by atoms with Gasteiger partial charge in [-0.1, -0.05) is 32.0 Å². The first-order valence-electron chi connectivity index (χ1n) is 6.34. The molecular formula is C15H21NO. The molecule has 1 aliphatic rings. The minimum Gasteiger partial charge on any atom is -0.359 e. The predicted octanol–water partition coefficient (Wildman–Crippen LogP) is 3.37. The van der Waals surface area contributed by atoms with Gasteiger partial charge in [0.2, 0.25) is 0 Å². The molecule has 0 saturated carbocycles. The van der Waals surface area contributed by atoms with Gasteiger partial charge in [-0.3, -0.25) is 4.79 Å². The molecule has 1 aromatic carbocycles. The third kappa shape index (κ3) is 1.97. The highest BCUT2D eigenvalue weighted by Crippen LogP contribution is 2.36. The number of rotatable bonds is 2. The van der Waals surface area contributed by atoms with E-state index in [1.807, 2.05) is 13.8 Å². The van der Waals surface area contributed by atoms with Crippen molar-refractivity contribution in [3.63, 3.8) is 0 Å². The third-order valence-electron chi connectivity index (χ3n) is 3.77. The van der Waals surface area contributed by atoms with E-state index in [4.69, 9.17) is 0 Å². The summed E-state index contributed by atoms with van der Waals surface area (Å²) in [5.74, 6) is 0.828. The first-order chi connectivity index (χ1) is 7.94. The highest BCUT2D eigenvalue weighted by atomic mass is 16.1. The van der Waals surface area contributed by atoms with Crippen molar-refractivity contribution in [2.45, 2.75) is 45.6 Å². The number of nitrogens with zero attached hydrogens (tertiary/aromatic N) is 1. The molecule has 0 N–H and O–H groups in total. The molecule has 1 aromatic rings. The molecule has 92 valence electrons. The summed E-state index contributed by atoms with van der Waals surface area (Å²) in [4.78, 5) is 14.2. The molecule has 1 saturated heterocycles. The van der Waals surface area contributed by atoms with E-state index in [1.54, 1.807) is 0 Å². The van der Waals surface area contributed by atoms with Gasteiger partial charge >= 0.3 is 0 Å². The van der Waals surface area contributed by atoms with Gasteiger partial charge in [0.1, 0.15) is 0 Å². The van der Waals surface area contributed by atoms with Crippen LogP contribution in [0.4, 0.5) is 5.69 Å². The zero-order valence-electron chi connectivity index (χ0n) is 11.2. The topological polar surface area (TPSA) is 20.3 Å². The average molecular weight is 231 g/mol. The summed E-state index contributed by atoms with van der Waals surface area (Å²) < 4.78 is 0. The molecule has 0 aromatic heterocycles. The van der Waals surface area contributed by atoms with Crippen LogP contribution in [0.25, 0.3) is 0 Å². The molecule has 17 heavy (non-hydrogen) atoms. The molecule has 1 aliphatic heterocycles. The summed E-state index contributed by atoms with van der Waals surface area (Å²) in [6, 6.07) is 8.43. The Kier molecular flexibility index (Phi) is 2.98. The molecule has 2 rings (SSSR count). The highest BCUT2D eigenvalue weighted by molar-refractivity contribution is 5.94. The minimum atomic E-state index is -0.356. The second-order valence-corrected chi connectivity index (χ2v) is 5.60. The Morgan fingerprint density at radius 3 is 2.41 bits per heavy atom. The predicted molar refractivity (Wildman–Crippen MR) is 71.6 cm³/mol. The van der Waals surface area contributed by atoms with Gasteiger partial charge in [0.05, 0.1) is 5.54 Å². The number of anilines is 1. The van der Waals surface area contributed by atoms with Gasteiger partial charge in [0.15, 0.2) is 5.78 Å². The van der Waals surface area contributed by atoms with Crippen LogP contribution >= 0.6 is 0 Å². The van der Waals surface area contributed by atoms with E-state index in [2.05, 4.69) is 43.0 Å². The van der Waals surface area contributed by atoms with E-state index < -0.39 is 0 Å². The highest BCUT2D eigenvalue weighted by Gasteiger charge is 2.40. The molecule has 0 atom stereocenters. The van der Waals surface area contributed by atoms with Gasteiger partial charge in [0, 0.05) is 18.7 Å². The number of hydrogen-bond donors (Lipinski definition) is 0. The largest absolute Gasteiger partial charge is 0.359 e. The van der Waals surface area contributed by atoms with Crippen LogP contribution in [0.15, 0.2) is 24.3 Å². The number of Topliss-reactive ketones (excluding diaryl/α,β-unsaturated/α-hetero) is 1. The van der Waals surface area contributed by atoms with E-state index in [0.717, 1.165) is 6.54 Å². The lowest BCUT2D eigenvalue weighted by molar-refractivity contribution is -0.120. The summed E-state index contributed by atoms with van der Waals surface area (Å²) >= 11 is 0. The molecule has 1 heterocycles. The first-order valence-corrected chi connectivity index (χ1v) is 6.34. The average Bonchev–Trinajstić information content (AvgIpc) is 2.54. The monoisotopic (exact) mass is 231 g/mol. The quantitative estimate of drug-likeness (QED) is 0.777. The Labute approximate surface area is 104 Å². The van der Waals surface area contributed by atoms with Crippen LogP contribution in [0, 0.1) is 0 Å². The lowest BCUT2D eigenvalue weighted by Gasteiger charge is -2.34. The van der Waals surface area contributed by atoms with Crippen molar-refractivity contribution in [2.24, 2.45) is 0 Å². The number of benzene rings is 1. The van der Waals surface area contributed by atoms with Crippen molar-refractivity contribution in [2.75, 3.05) is 11.4 Å². The fraction of sp³-hybridized carbons (Fsp3) is 0.533. The van der Waals surface area contributed by atoms with Gasteiger partial charge in [-0.25, -0.2) is 0 Å². The van der Waals surface area contributed by atoms with Crippen molar-refractivity contribution in [3.8, 4) is 0 Å². The standard InChI is InChI=1S/C15H21NO/c1-11(2)12-7-5-6-8-13(12)16-10-9-14(17)15(16,3)4/h5-8,11H,9-10H2,1-4H3. The van der Waals surface area contributed by atoms with Gasteiger partial charge in [-0.15, -0.1) is 0 Å². The van der Waals surface area contributed by atoms with E-state index >= 15 is 0 Å². The fourth-order valence-electron chi connectivity index (χ4n) is 2.59. The Hall–Kier alpha value is -1.31. The van der Waals surface area contributed by atoms with Crippen LogP contribution in [0.1, 0.15) is 45.6 Å². The number of ketones is 1. The zero-order valence-corrected chi connectivity index (χ0v) is 11.2. The minimum absolute atomic E-state index is 0.344. The fourth-order valence-corrected chi connectivity index (χ4v) is 2.59. The summed E-state index contributed by atoms with van der Waals surface area (Å²) in [5, 5.41) is 0. The molecule has 0 bridgehead atoms. The number of carbonyl (C=O) groups excluding carboxylic acids is 1. The molecule has 0 aliphatic carbocycles. The lowest BCUT2D eigenvalue weighted by atomic mass is 9.96. The maximum absolute atomic E-state index is 11.9. The van der Waals surface area contributed by atoms with E-state index in [1.165, 1.54) is 11.3 Å². The number of hydrogen-bond acceptors (Lipinski definition) is 2. The van der Waals surface area contributed by atoms with E-state index in [-0.39, 0.29) is 5.54 Å². The second kappa shape index (κ2) is 4.17. The van der Waals surface area contributed by atoms with Crippen molar-refractivity contribution in [1.29, 1.82) is 0 Å². The zero-order chi connectivity index (χ0) is 12.6. The molecule has 2 heteroatoms.